The Morgan fingerprint density at radius 1 is 1.57 bits per heavy atom. The van der Waals surface area contributed by atoms with Crippen molar-refractivity contribution in [3.63, 3.8) is 0 Å². The summed E-state index contributed by atoms with van der Waals surface area (Å²) in [5, 5.41) is 13.7. The Morgan fingerprint density at radius 3 is 2.64 bits per heavy atom. The molecule has 80 valence electrons. The highest BCUT2D eigenvalue weighted by atomic mass is 32.1. The summed E-state index contributed by atoms with van der Waals surface area (Å²) in [4.78, 5) is 7.27. The van der Waals surface area contributed by atoms with Crippen LogP contribution in [0.4, 0.5) is 5.13 Å². The average molecular weight is 215 g/mol. The molecule has 4 nitrogen and oxygen atoms in total. The number of likely N-dealkylation sites (N-methyl/N-ethyl adjacent to an activating group) is 1. The number of thiazole rings is 1. The Labute approximate surface area is 88.6 Å². The van der Waals surface area contributed by atoms with Gasteiger partial charge in [-0.15, -0.1) is 0 Å². The van der Waals surface area contributed by atoms with Gasteiger partial charge in [0.15, 0.2) is 5.13 Å². The molecule has 1 heterocycles. The zero-order chi connectivity index (χ0) is 10.7. The maximum absolute atomic E-state index is 9.79. The molecule has 0 radical (unpaired) electrons. The van der Waals surface area contributed by atoms with Crippen molar-refractivity contribution < 1.29 is 5.11 Å². The van der Waals surface area contributed by atoms with Gasteiger partial charge >= 0.3 is 0 Å². The molecule has 0 bridgehead atoms. The minimum Gasteiger partial charge on any atom is -0.386 e. The van der Waals surface area contributed by atoms with Crippen molar-refractivity contribution in [1.82, 2.24) is 10.3 Å². The number of aromatic nitrogens is 1. The van der Waals surface area contributed by atoms with Gasteiger partial charge in [-0.3, -0.25) is 0 Å². The van der Waals surface area contributed by atoms with Gasteiger partial charge in [-0.1, -0.05) is 11.3 Å². The summed E-state index contributed by atoms with van der Waals surface area (Å²) < 4.78 is 0. The standard InChI is InChI=1S/C9H17N3OS/c1-6-8(7(13)5-10-2)14-9(11-6)12(3)4/h7,10,13H,5H2,1-4H3. The van der Waals surface area contributed by atoms with E-state index in [2.05, 4.69) is 10.3 Å². The minimum absolute atomic E-state index is 0.453. The molecule has 0 aromatic carbocycles. The molecular weight excluding hydrogens is 198 g/mol. The smallest absolute Gasteiger partial charge is 0.185 e. The molecule has 0 fully saturated rings. The highest BCUT2D eigenvalue weighted by Gasteiger charge is 2.15. The first kappa shape index (κ1) is 11.4. The van der Waals surface area contributed by atoms with Crippen molar-refractivity contribution >= 4 is 16.5 Å². The van der Waals surface area contributed by atoms with E-state index in [1.165, 1.54) is 0 Å². The zero-order valence-electron chi connectivity index (χ0n) is 9.03. The predicted octanol–water partition coefficient (Wildman–Crippen LogP) is 0.770. The molecule has 0 aliphatic carbocycles. The second kappa shape index (κ2) is 4.72. The highest BCUT2D eigenvalue weighted by Crippen LogP contribution is 2.29. The van der Waals surface area contributed by atoms with Gasteiger partial charge in [0, 0.05) is 20.6 Å². The molecular formula is C9H17N3OS. The lowest BCUT2D eigenvalue weighted by molar-refractivity contribution is 0.180. The zero-order valence-corrected chi connectivity index (χ0v) is 9.85. The van der Waals surface area contributed by atoms with E-state index in [9.17, 15) is 5.11 Å². The van der Waals surface area contributed by atoms with E-state index in [-0.39, 0.29) is 0 Å². The fourth-order valence-corrected chi connectivity index (χ4v) is 2.15. The van der Waals surface area contributed by atoms with Crippen molar-refractivity contribution in [3.8, 4) is 0 Å². The van der Waals surface area contributed by atoms with Crippen LogP contribution in [0.15, 0.2) is 0 Å². The molecule has 5 heteroatoms. The van der Waals surface area contributed by atoms with Crippen molar-refractivity contribution in [2.24, 2.45) is 0 Å². The van der Waals surface area contributed by atoms with Crippen molar-refractivity contribution in [1.29, 1.82) is 0 Å². The molecule has 1 aromatic heterocycles. The molecule has 0 saturated carbocycles. The van der Waals surface area contributed by atoms with E-state index >= 15 is 0 Å². The van der Waals surface area contributed by atoms with Crippen LogP contribution in [-0.2, 0) is 0 Å². The van der Waals surface area contributed by atoms with Gasteiger partial charge in [-0.25, -0.2) is 4.98 Å². The van der Waals surface area contributed by atoms with Crippen molar-refractivity contribution in [2.75, 3.05) is 32.6 Å². The van der Waals surface area contributed by atoms with E-state index in [4.69, 9.17) is 0 Å². The molecule has 0 spiro atoms. The van der Waals surface area contributed by atoms with E-state index in [0.717, 1.165) is 15.7 Å². The molecule has 14 heavy (non-hydrogen) atoms. The van der Waals surface area contributed by atoms with Crippen LogP contribution in [0.25, 0.3) is 0 Å². The lowest BCUT2D eigenvalue weighted by atomic mass is 10.2. The third-order valence-corrected chi connectivity index (χ3v) is 3.33. The minimum atomic E-state index is -0.453. The summed E-state index contributed by atoms with van der Waals surface area (Å²) in [5.74, 6) is 0. The first-order valence-corrected chi connectivity index (χ1v) is 5.35. The van der Waals surface area contributed by atoms with Crippen LogP contribution < -0.4 is 10.2 Å². The largest absolute Gasteiger partial charge is 0.386 e. The van der Waals surface area contributed by atoms with Gasteiger partial charge in [0.05, 0.1) is 10.6 Å². The predicted molar refractivity (Wildman–Crippen MR) is 60.1 cm³/mol. The SMILES string of the molecule is CNCC(O)c1sc(N(C)C)nc1C. The van der Waals surface area contributed by atoms with E-state index in [1.54, 1.807) is 11.3 Å². The Balaban J connectivity index is 2.86. The monoisotopic (exact) mass is 215 g/mol. The first-order chi connectivity index (χ1) is 6.56. The molecule has 0 saturated heterocycles. The summed E-state index contributed by atoms with van der Waals surface area (Å²) in [7, 11) is 5.73. The molecule has 1 atom stereocenters. The molecule has 0 amide bonds. The molecule has 2 N–H and O–H groups in total. The quantitative estimate of drug-likeness (QED) is 0.779. The van der Waals surface area contributed by atoms with E-state index in [0.29, 0.717) is 6.54 Å². The maximum atomic E-state index is 9.79. The van der Waals surface area contributed by atoms with Gasteiger partial charge < -0.3 is 15.3 Å². The molecule has 1 aromatic rings. The second-order valence-corrected chi connectivity index (χ2v) is 4.42. The van der Waals surface area contributed by atoms with Gasteiger partial charge in [-0.2, -0.15) is 0 Å². The molecule has 0 aliphatic rings. The van der Waals surface area contributed by atoms with Crippen LogP contribution in [0.1, 0.15) is 16.7 Å². The molecule has 0 aliphatic heterocycles. The number of nitrogens with zero attached hydrogens (tertiary/aromatic N) is 2. The fraction of sp³-hybridized carbons (Fsp3) is 0.667. The number of rotatable bonds is 4. The number of hydrogen-bond donors (Lipinski definition) is 2. The van der Waals surface area contributed by atoms with Gasteiger partial charge in [-0.05, 0) is 14.0 Å². The number of aliphatic hydroxyl groups is 1. The Kier molecular flexibility index (Phi) is 3.86. The number of nitrogens with one attached hydrogen (secondary N) is 1. The van der Waals surface area contributed by atoms with Crippen LogP contribution in [0.5, 0.6) is 0 Å². The Bertz CT molecular complexity index is 298. The third kappa shape index (κ3) is 2.43. The van der Waals surface area contributed by atoms with Crippen LogP contribution >= 0.6 is 11.3 Å². The number of aliphatic hydroxyl groups excluding tert-OH is 1. The van der Waals surface area contributed by atoms with Gasteiger partial charge in [0.1, 0.15) is 6.10 Å². The van der Waals surface area contributed by atoms with E-state index in [1.807, 2.05) is 33.0 Å². The van der Waals surface area contributed by atoms with Crippen molar-refractivity contribution in [2.45, 2.75) is 13.0 Å². The lowest BCUT2D eigenvalue weighted by Gasteiger charge is -2.08. The summed E-state index contributed by atoms with van der Waals surface area (Å²) in [6.07, 6.45) is -0.453. The summed E-state index contributed by atoms with van der Waals surface area (Å²) in [6.45, 7) is 2.49. The molecule has 1 unspecified atom stereocenters. The second-order valence-electron chi connectivity index (χ2n) is 3.41. The Morgan fingerprint density at radius 2 is 2.21 bits per heavy atom. The normalized spacial score (nSPS) is 12.9. The third-order valence-electron chi connectivity index (χ3n) is 1.90. The van der Waals surface area contributed by atoms with Crippen LogP contribution in [0.3, 0.4) is 0 Å². The summed E-state index contributed by atoms with van der Waals surface area (Å²) in [5.41, 5.74) is 0.918. The Hall–Kier alpha value is -0.650. The van der Waals surface area contributed by atoms with Crippen LogP contribution in [0, 0.1) is 6.92 Å². The summed E-state index contributed by atoms with van der Waals surface area (Å²) >= 11 is 1.54. The maximum Gasteiger partial charge on any atom is 0.185 e. The van der Waals surface area contributed by atoms with Crippen molar-refractivity contribution in [3.05, 3.63) is 10.6 Å². The first-order valence-electron chi connectivity index (χ1n) is 4.53. The number of aryl methyl sites for hydroxylation is 1. The topological polar surface area (TPSA) is 48.4 Å². The number of anilines is 1. The van der Waals surface area contributed by atoms with E-state index < -0.39 is 6.10 Å². The lowest BCUT2D eigenvalue weighted by Crippen LogP contribution is -2.16. The average Bonchev–Trinajstić information content (AvgIpc) is 2.48. The fourth-order valence-electron chi connectivity index (χ4n) is 1.18. The number of hydrogen-bond acceptors (Lipinski definition) is 5. The van der Waals surface area contributed by atoms with Crippen LogP contribution in [-0.4, -0.2) is 37.8 Å². The van der Waals surface area contributed by atoms with Gasteiger partial charge in [0.25, 0.3) is 0 Å². The summed E-state index contributed by atoms with van der Waals surface area (Å²) in [6, 6.07) is 0. The van der Waals surface area contributed by atoms with Gasteiger partial charge in [0.2, 0.25) is 0 Å². The van der Waals surface area contributed by atoms with Crippen LogP contribution in [0.2, 0.25) is 0 Å². The highest BCUT2D eigenvalue weighted by molar-refractivity contribution is 7.15. The molecule has 1 rings (SSSR count).